The number of hydrogen-bond acceptors (Lipinski definition) is 13. The van der Waals surface area contributed by atoms with Gasteiger partial charge in [-0.25, -0.2) is 39.7 Å². The summed E-state index contributed by atoms with van der Waals surface area (Å²) in [5.41, 5.74) is 5.22. The molecule has 0 saturated heterocycles. The number of imidazole rings is 2. The standard InChI is InChI=1S/C15H12N6OS.C15H11N5O2S.Y/c1-8-3-2-4-9-11(8)14(22)21-10(20-9)5-23-15-12-13(17-6-16-12)18-7-19-15;1-8-3-2-4-9-11(8)15(21)22-10(20-9)5-23-14-12-13(17-6-16-12)18-7-19-14;/h2-4,6-7H,5H2,1H3,(H2,16,17,18,19,20,21,22);2-4,6-7H,5H2,1H3,(H,16,17,18,19);/p-1. The Morgan fingerprint density at radius 3 is 1.94 bits per heavy atom. The van der Waals surface area contributed by atoms with Crippen LogP contribution >= 0.6 is 23.5 Å². The van der Waals surface area contributed by atoms with Gasteiger partial charge in [0.2, 0.25) is 5.89 Å². The Morgan fingerprint density at radius 2 is 1.30 bits per heavy atom. The second-order valence-corrected chi connectivity index (χ2v) is 11.8. The first kappa shape index (κ1) is 32.6. The molecule has 0 spiro atoms. The molecule has 0 bridgehead atoms. The smallest absolute Gasteiger partial charge is 0.347 e. The molecule has 8 rings (SSSR count). The van der Waals surface area contributed by atoms with Crippen molar-refractivity contribution >= 4 is 67.7 Å². The first-order chi connectivity index (χ1) is 22.4. The largest absolute Gasteiger partial charge is 0.438 e. The minimum atomic E-state index is -0.363. The van der Waals surface area contributed by atoms with E-state index in [-0.39, 0.29) is 43.9 Å². The van der Waals surface area contributed by atoms with Crippen LogP contribution in [-0.4, -0.2) is 49.8 Å². The molecular formula is C30H22N11O3S2Y-. The predicted molar refractivity (Wildman–Crippen MR) is 174 cm³/mol. The van der Waals surface area contributed by atoms with E-state index in [1.807, 2.05) is 50.2 Å². The quantitative estimate of drug-likeness (QED) is 0.181. The topological polar surface area (TPSA) is 196 Å². The van der Waals surface area contributed by atoms with Crippen LogP contribution in [0.1, 0.15) is 22.8 Å². The number of nitrogens with one attached hydrogen (secondary N) is 2. The molecule has 2 aromatic carbocycles. The molecule has 0 unspecified atom stereocenters. The monoisotopic (exact) mass is 737 g/mol. The van der Waals surface area contributed by atoms with Crippen molar-refractivity contribution in [2.75, 3.05) is 0 Å². The minimum absolute atomic E-state index is 0. The minimum Gasteiger partial charge on any atom is -0.438 e. The number of thioether (sulfide) groups is 2. The Kier molecular flexibility index (Phi) is 9.82. The predicted octanol–water partition coefficient (Wildman–Crippen LogP) is 4.27. The summed E-state index contributed by atoms with van der Waals surface area (Å²) in [6.45, 7) is 3.75. The second-order valence-electron chi connectivity index (χ2n) is 9.92. The van der Waals surface area contributed by atoms with Gasteiger partial charge in [0, 0.05) is 43.8 Å². The zero-order chi connectivity index (χ0) is 31.6. The van der Waals surface area contributed by atoms with Gasteiger partial charge in [-0.05, 0) is 36.6 Å². The number of aromatic nitrogens is 11. The second kappa shape index (κ2) is 14.2. The number of fused-ring (bicyclic) bond motifs is 4. The van der Waals surface area contributed by atoms with Crippen molar-refractivity contribution in [1.29, 1.82) is 0 Å². The normalized spacial score (nSPS) is 11.1. The fraction of sp³-hybridized carbons (Fsp3) is 0.133. The number of H-pyrrole nitrogens is 2. The molecule has 0 atom stereocenters. The molecule has 2 N–H and O–H groups in total. The Bertz CT molecular complexity index is 2320. The molecule has 1 radical (unpaired) electrons. The van der Waals surface area contributed by atoms with Gasteiger partial charge in [0.1, 0.15) is 33.7 Å². The van der Waals surface area contributed by atoms with Crippen LogP contribution in [0.5, 0.6) is 0 Å². The Morgan fingerprint density at radius 1 is 0.723 bits per heavy atom. The van der Waals surface area contributed by atoms with Gasteiger partial charge in [-0.15, -0.1) is 11.8 Å². The van der Waals surface area contributed by atoms with Crippen LogP contribution < -0.4 is 16.2 Å². The average molecular weight is 738 g/mol. The number of rotatable bonds is 6. The fourth-order valence-corrected chi connectivity index (χ4v) is 6.39. The average Bonchev–Trinajstić information content (AvgIpc) is 3.74. The van der Waals surface area contributed by atoms with Crippen molar-refractivity contribution < 1.29 is 37.1 Å². The summed E-state index contributed by atoms with van der Waals surface area (Å²) in [5, 5.41) is 2.60. The molecule has 8 aromatic rings. The molecule has 0 amide bonds. The van der Waals surface area contributed by atoms with Crippen LogP contribution in [0.4, 0.5) is 0 Å². The summed E-state index contributed by atoms with van der Waals surface area (Å²) in [6.07, 6.45) is 6.07. The number of hydrogen-bond donors (Lipinski definition) is 2. The number of aromatic amines is 2. The third-order valence-electron chi connectivity index (χ3n) is 6.90. The Hall–Kier alpha value is -4.38. The molecule has 0 aliphatic carbocycles. The molecule has 6 heterocycles. The van der Waals surface area contributed by atoms with Crippen molar-refractivity contribution in [2.24, 2.45) is 0 Å². The summed E-state index contributed by atoms with van der Waals surface area (Å²) in [5.74, 6) is 1.70. The molecule has 0 saturated carbocycles. The third kappa shape index (κ3) is 6.86. The molecule has 0 aliphatic heterocycles. The first-order valence-electron chi connectivity index (χ1n) is 13.8. The van der Waals surface area contributed by atoms with E-state index in [1.54, 1.807) is 12.7 Å². The van der Waals surface area contributed by atoms with Gasteiger partial charge in [0.15, 0.2) is 16.9 Å². The maximum absolute atomic E-state index is 12.2. The van der Waals surface area contributed by atoms with Crippen molar-refractivity contribution in [3.05, 3.63) is 105 Å². The van der Waals surface area contributed by atoms with E-state index in [2.05, 4.69) is 54.8 Å². The van der Waals surface area contributed by atoms with Crippen molar-refractivity contribution in [3.63, 3.8) is 0 Å². The van der Waals surface area contributed by atoms with E-state index in [0.29, 0.717) is 56.3 Å². The maximum Gasteiger partial charge on any atom is 0.347 e. The van der Waals surface area contributed by atoms with Gasteiger partial charge in [0.25, 0.3) is 0 Å². The molecular weight excluding hydrogens is 715 g/mol. The summed E-state index contributed by atoms with van der Waals surface area (Å²) < 4.78 is 5.33. The van der Waals surface area contributed by atoms with Crippen LogP contribution in [0.3, 0.4) is 0 Å². The molecule has 231 valence electrons. The van der Waals surface area contributed by atoms with Crippen LogP contribution in [0.25, 0.3) is 44.1 Å². The third-order valence-corrected chi connectivity index (χ3v) is 8.86. The molecule has 0 aliphatic rings. The summed E-state index contributed by atoms with van der Waals surface area (Å²) in [6, 6.07) is 11.2. The Balaban J connectivity index is 0.000000161. The number of aryl methyl sites for hydroxylation is 2. The van der Waals surface area contributed by atoms with Crippen LogP contribution in [0.15, 0.2) is 85.8 Å². The summed E-state index contributed by atoms with van der Waals surface area (Å²) in [4.78, 5) is 68.1. The number of nitrogens with zero attached hydrogens (tertiary/aromatic N) is 9. The molecule has 47 heavy (non-hydrogen) atoms. The van der Waals surface area contributed by atoms with Crippen molar-refractivity contribution in [2.45, 2.75) is 35.4 Å². The fourth-order valence-electron chi connectivity index (χ4n) is 4.78. The van der Waals surface area contributed by atoms with E-state index < -0.39 is 0 Å². The maximum atomic E-state index is 12.2. The van der Waals surface area contributed by atoms with Crippen LogP contribution in [0.2, 0.25) is 0 Å². The number of benzene rings is 2. The van der Waals surface area contributed by atoms with Gasteiger partial charge in [-0.2, -0.15) is 0 Å². The van der Waals surface area contributed by atoms with Gasteiger partial charge in [0.05, 0.1) is 29.3 Å². The molecule has 14 nitrogen and oxygen atoms in total. The zero-order valence-corrected chi connectivity index (χ0v) is 29.3. The van der Waals surface area contributed by atoms with Gasteiger partial charge in [-0.1, -0.05) is 47.9 Å². The molecule has 6 aromatic heterocycles. The van der Waals surface area contributed by atoms with E-state index >= 15 is 0 Å². The zero-order valence-electron chi connectivity index (χ0n) is 24.8. The summed E-state index contributed by atoms with van der Waals surface area (Å²) >= 11 is 2.85. The Labute approximate surface area is 298 Å². The van der Waals surface area contributed by atoms with Gasteiger partial charge < -0.3 is 24.4 Å². The van der Waals surface area contributed by atoms with Gasteiger partial charge in [-0.3, -0.25) is 4.79 Å². The molecule has 0 fully saturated rings. The SMILES string of the molecule is Cc1cccc2nc(CSc3ncnc4nc[nH]c34)[n-]c(=O)c12.Cc1cccc2nc(CSc3ncnc4nc[nH]c34)oc(=O)c12.[Y]. The summed E-state index contributed by atoms with van der Waals surface area (Å²) in [7, 11) is 0. The van der Waals surface area contributed by atoms with Gasteiger partial charge >= 0.3 is 5.63 Å². The van der Waals surface area contributed by atoms with Crippen LogP contribution in [-0.2, 0) is 44.2 Å². The molecule has 17 heteroatoms. The van der Waals surface area contributed by atoms with Crippen LogP contribution in [0, 0.1) is 13.8 Å². The van der Waals surface area contributed by atoms with E-state index in [1.165, 1.54) is 36.2 Å². The van der Waals surface area contributed by atoms with Crippen molar-refractivity contribution in [1.82, 2.24) is 54.8 Å². The van der Waals surface area contributed by atoms with Crippen molar-refractivity contribution in [3.8, 4) is 0 Å². The first-order valence-corrected chi connectivity index (χ1v) is 15.8. The van der Waals surface area contributed by atoms with E-state index in [4.69, 9.17) is 4.42 Å². The van der Waals surface area contributed by atoms with E-state index in [9.17, 15) is 9.59 Å². The van der Waals surface area contributed by atoms with E-state index in [0.717, 1.165) is 32.2 Å².